The lowest BCUT2D eigenvalue weighted by Gasteiger charge is -2.05. The van der Waals surface area contributed by atoms with Gasteiger partial charge in [0.15, 0.2) is 9.84 Å². The van der Waals surface area contributed by atoms with E-state index in [2.05, 4.69) is 0 Å². The fourth-order valence-electron chi connectivity index (χ4n) is 0.906. The summed E-state index contributed by atoms with van der Waals surface area (Å²) in [7, 11) is -3.45. The van der Waals surface area contributed by atoms with Gasteiger partial charge in [-0.1, -0.05) is 11.6 Å². The molecule has 0 unspecified atom stereocenters. The van der Waals surface area contributed by atoms with Gasteiger partial charge in [0, 0.05) is 5.38 Å². The maximum atomic E-state index is 11.8. The first-order chi connectivity index (χ1) is 6.78. The number of thiophene rings is 1. The molecule has 7 heteroatoms. The van der Waals surface area contributed by atoms with Crippen LogP contribution in [0.15, 0.2) is 10.3 Å². The van der Waals surface area contributed by atoms with E-state index < -0.39 is 20.3 Å². The number of rotatable bonds is 3. The molecular formula is C8H8Cl2O3S2. The second-order valence-corrected chi connectivity index (χ2v) is 7.18. The molecule has 15 heavy (non-hydrogen) atoms. The van der Waals surface area contributed by atoms with Gasteiger partial charge < -0.3 is 0 Å². The van der Waals surface area contributed by atoms with Crippen LogP contribution in [0.1, 0.15) is 23.5 Å². The van der Waals surface area contributed by atoms with Crippen LogP contribution in [-0.4, -0.2) is 18.9 Å². The molecule has 1 rings (SSSR count). The van der Waals surface area contributed by atoms with E-state index >= 15 is 0 Å². The molecule has 0 aromatic carbocycles. The highest BCUT2D eigenvalue weighted by atomic mass is 35.5. The van der Waals surface area contributed by atoms with Gasteiger partial charge in [-0.2, -0.15) is 0 Å². The van der Waals surface area contributed by atoms with Crippen molar-refractivity contribution in [3.05, 3.63) is 15.3 Å². The summed E-state index contributed by atoms with van der Waals surface area (Å²) >= 11 is 12.0. The van der Waals surface area contributed by atoms with E-state index in [1.807, 2.05) is 0 Å². The van der Waals surface area contributed by atoms with Crippen LogP contribution in [0.4, 0.5) is 0 Å². The second-order valence-electron chi connectivity index (χ2n) is 3.11. The molecule has 0 saturated carbocycles. The molecule has 1 aromatic heterocycles. The highest BCUT2D eigenvalue weighted by Crippen LogP contribution is 2.34. The highest BCUT2D eigenvalue weighted by Gasteiger charge is 2.26. The van der Waals surface area contributed by atoms with Crippen LogP contribution < -0.4 is 0 Å². The van der Waals surface area contributed by atoms with E-state index in [4.69, 9.17) is 23.2 Å². The molecule has 0 amide bonds. The highest BCUT2D eigenvalue weighted by molar-refractivity contribution is 7.92. The molecule has 0 N–H and O–H groups in total. The molecule has 0 bridgehead atoms. The Morgan fingerprint density at radius 2 is 2.00 bits per heavy atom. The fraction of sp³-hybridized carbons (Fsp3) is 0.375. The van der Waals surface area contributed by atoms with Gasteiger partial charge in [0.25, 0.3) is 5.24 Å². The maximum absolute atomic E-state index is 11.8. The average Bonchev–Trinajstić information content (AvgIpc) is 2.46. The molecule has 3 nitrogen and oxygen atoms in total. The van der Waals surface area contributed by atoms with Gasteiger partial charge in [-0.05, 0) is 25.4 Å². The van der Waals surface area contributed by atoms with Crippen LogP contribution in [0.5, 0.6) is 0 Å². The monoisotopic (exact) mass is 286 g/mol. The minimum absolute atomic E-state index is 0.0202. The van der Waals surface area contributed by atoms with Gasteiger partial charge in [-0.3, -0.25) is 4.79 Å². The van der Waals surface area contributed by atoms with E-state index in [0.717, 1.165) is 11.3 Å². The smallest absolute Gasteiger partial charge is 0.263 e. The Hall–Kier alpha value is -0.100. The van der Waals surface area contributed by atoms with Crippen molar-refractivity contribution in [2.24, 2.45) is 0 Å². The van der Waals surface area contributed by atoms with Crippen LogP contribution in [0, 0.1) is 0 Å². The summed E-state index contributed by atoms with van der Waals surface area (Å²) < 4.78 is 23.5. The van der Waals surface area contributed by atoms with Gasteiger partial charge in [0.05, 0.1) is 15.2 Å². The lowest BCUT2D eigenvalue weighted by atomic mass is 10.5. The third-order valence-electron chi connectivity index (χ3n) is 1.81. The molecule has 0 saturated heterocycles. The van der Waals surface area contributed by atoms with Gasteiger partial charge in [0.2, 0.25) is 0 Å². The summed E-state index contributed by atoms with van der Waals surface area (Å²) in [5, 5.41) is -0.0559. The second kappa shape index (κ2) is 4.41. The number of hydrogen-bond donors (Lipinski definition) is 0. The summed E-state index contributed by atoms with van der Waals surface area (Å²) in [6, 6.07) is 0. The zero-order valence-electron chi connectivity index (χ0n) is 7.95. The minimum atomic E-state index is -3.45. The molecular weight excluding hydrogens is 279 g/mol. The lowest BCUT2D eigenvalue weighted by molar-refractivity contribution is 0.108. The standard InChI is InChI=1S/C8H8Cl2O3S2/c1-4(2)15(12,13)5-3-14-7(6(5)9)8(10)11/h3-4H,1-2H3. The van der Waals surface area contributed by atoms with Crippen LogP contribution in [0.25, 0.3) is 0 Å². The predicted molar refractivity (Wildman–Crippen MR) is 61.8 cm³/mol. The van der Waals surface area contributed by atoms with Crippen molar-refractivity contribution in [1.29, 1.82) is 0 Å². The van der Waals surface area contributed by atoms with Crippen molar-refractivity contribution in [3.8, 4) is 0 Å². The Kier molecular flexibility index (Phi) is 3.81. The molecule has 0 aliphatic carbocycles. The topological polar surface area (TPSA) is 51.2 Å². The van der Waals surface area contributed by atoms with Crippen LogP contribution >= 0.6 is 34.5 Å². The summed E-state index contributed by atoms with van der Waals surface area (Å²) in [5.41, 5.74) is 0. The largest absolute Gasteiger partial charge is 0.275 e. The first kappa shape index (κ1) is 13.0. The zero-order chi connectivity index (χ0) is 11.8. The molecule has 0 aliphatic rings. The van der Waals surface area contributed by atoms with E-state index in [1.165, 1.54) is 5.38 Å². The van der Waals surface area contributed by atoms with E-state index in [1.54, 1.807) is 13.8 Å². The summed E-state index contributed by atoms with van der Waals surface area (Å²) in [5.74, 6) is 0. The van der Waals surface area contributed by atoms with Crippen LogP contribution in [0.3, 0.4) is 0 Å². The normalized spacial score (nSPS) is 12.1. The summed E-state index contributed by atoms with van der Waals surface area (Å²) in [6.45, 7) is 3.09. The molecule has 0 spiro atoms. The zero-order valence-corrected chi connectivity index (χ0v) is 11.1. The molecule has 0 radical (unpaired) electrons. The summed E-state index contributed by atoms with van der Waals surface area (Å²) in [6.07, 6.45) is 0. The van der Waals surface area contributed by atoms with Crippen molar-refractivity contribution in [2.45, 2.75) is 24.0 Å². The average molecular weight is 287 g/mol. The summed E-state index contributed by atoms with van der Waals surface area (Å²) in [4.78, 5) is 10.9. The van der Waals surface area contributed by atoms with Crippen molar-refractivity contribution in [2.75, 3.05) is 0 Å². The fourth-order valence-corrected chi connectivity index (χ4v) is 4.10. The van der Waals surface area contributed by atoms with Gasteiger partial charge in [-0.15, -0.1) is 11.3 Å². The third-order valence-corrected chi connectivity index (χ3v) is 6.03. The third kappa shape index (κ3) is 2.36. The van der Waals surface area contributed by atoms with Crippen molar-refractivity contribution >= 4 is 49.6 Å². The van der Waals surface area contributed by atoms with Crippen molar-refractivity contribution in [1.82, 2.24) is 0 Å². The number of carbonyl (C=O) groups is 1. The minimum Gasteiger partial charge on any atom is -0.275 e. The van der Waals surface area contributed by atoms with Gasteiger partial charge in [0.1, 0.15) is 4.88 Å². The number of carbonyl (C=O) groups excluding carboxylic acids is 1. The van der Waals surface area contributed by atoms with E-state index in [-0.39, 0.29) is 14.8 Å². The number of hydrogen-bond acceptors (Lipinski definition) is 4. The molecule has 0 fully saturated rings. The Balaban J connectivity index is 3.37. The van der Waals surface area contributed by atoms with Crippen LogP contribution in [0.2, 0.25) is 5.02 Å². The van der Waals surface area contributed by atoms with Crippen molar-refractivity contribution < 1.29 is 13.2 Å². The SMILES string of the molecule is CC(C)S(=O)(=O)c1csc(C(=O)Cl)c1Cl. The molecule has 84 valence electrons. The Morgan fingerprint density at radius 1 is 1.47 bits per heavy atom. The predicted octanol–water partition coefficient (Wildman–Crippen LogP) is 2.96. The Labute approximate surface area is 102 Å². The number of halogens is 2. The first-order valence-corrected chi connectivity index (χ1v) is 7.17. The quantitative estimate of drug-likeness (QED) is 0.803. The molecule has 0 atom stereocenters. The van der Waals surface area contributed by atoms with E-state index in [9.17, 15) is 13.2 Å². The molecule has 0 aliphatic heterocycles. The molecule has 1 heterocycles. The number of sulfone groups is 1. The Bertz CT molecular complexity index is 488. The van der Waals surface area contributed by atoms with Gasteiger partial charge in [-0.25, -0.2) is 8.42 Å². The lowest BCUT2D eigenvalue weighted by Crippen LogP contribution is -2.13. The maximum Gasteiger partial charge on any atom is 0.263 e. The first-order valence-electron chi connectivity index (χ1n) is 3.99. The van der Waals surface area contributed by atoms with Crippen LogP contribution in [-0.2, 0) is 9.84 Å². The van der Waals surface area contributed by atoms with E-state index in [0.29, 0.717) is 0 Å². The Morgan fingerprint density at radius 3 is 2.33 bits per heavy atom. The van der Waals surface area contributed by atoms with Crippen molar-refractivity contribution in [3.63, 3.8) is 0 Å². The molecule has 1 aromatic rings. The van der Waals surface area contributed by atoms with Gasteiger partial charge >= 0.3 is 0 Å².